The first-order chi connectivity index (χ1) is 5.68. The zero-order chi connectivity index (χ0) is 8.97. The minimum Gasteiger partial charge on any atom is -0.393 e. The van der Waals surface area contributed by atoms with E-state index in [0.29, 0.717) is 0 Å². The summed E-state index contributed by atoms with van der Waals surface area (Å²) in [5, 5.41) is 18.4. The van der Waals surface area contributed by atoms with Gasteiger partial charge in [-0.2, -0.15) is 0 Å². The standard InChI is InChI=1S/C9H19NO2/c1-8(11)4-6-10-5-2-3-9(12)7-10/h8-9,11-12H,2-7H2,1H3/t8?,9-/m0/s1. The van der Waals surface area contributed by atoms with Crippen LogP contribution in [-0.2, 0) is 0 Å². The van der Waals surface area contributed by atoms with Crippen LogP contribution in [0.5, 0.6) is 0 Å². The Labute approximate surface area is 74.0 Å². The molecule has 0 aromatic carbocycles. The fourth-order valence-electron chi connectivity index (χ4n) is 1.60. The van der Waals surface area contributed by atoms with E-state index < -0.39 is 0 Å². The summed E-state index contributed by atoms with van der Waals surface area (Å²) in [4.78, 5) is 2.22. The maximum Gasteiger partial charge on any atom is 0.0667 e. The van der Waals surface area contributed by atoms with Gasteiger partial charge in [0.25, 0.3) is 0 Å². The molecule has 0 radical (unpaired) electrons. The predicted octanol–water partition coefficient (Wildman–Crippen LogP) is 0.214. The Kier molecular flexibility index (Phi) is 3.98. The predicted molar refractivity (Wildman–Crippen MR) is 48.0 cm³/mol. The summed E-state index contributed by atoms with van der Waals surface area (Å²) >= 11 is 0. The monoisotopic (exact) mass is 173 g/mol. The summed E-state index contributed by atoms with van der Waals surface area (Å²) in [7, 11) is 0. The zero-order valence-electron chi connectivity index (χ0n) is 7.74. The van der Waals surface area contributed by atoms with Crippen molar-refractivity contribution < 1.29 is 10.2 Å². The topological polar surface area (TPSA) is 43.7 Å². The first-order valence-corrected chi connectivity index (χ1v) is 4.77. The van der Waals surface area contributed by atoms with E-state index in [1.54, 1.807) is 6.92 Å². The molecular weight excluding hydrogens is 154 g/mol. The maximum atomic E-state index is 9.34. The SMILES string of the molecule is CC(O)CCN1CCC[C@H](O)C1. The van der Waals surface area contributed by atoms with E-state index in [9.17, 15) is 5.11 Å². The number of rotatable bonds is 3. The molecular formula is C9H19NO2. The van der Waals surface area contributed by atoms with E-state index in [0.717, 1.165) is 38.9 Å². The fraction of sp³-hybridized carbons (Fsp3) is 1.00. The lowest BCUT2D eigenvalue weighted by Crippen LogP contribution is -2.39. The van der Waals surface area contributed by atoms with Gasteiger partial charge < -0.3 is 15.1 Å². The molecule has 0 amide bonds. The zero-order valence-corrected chi connectivity index (χ0v) is 7.74. The van der Waals surface area contributed by atoms with E-state index in [1.807, 2.05) is 0 Å². The molecule has 0 aliphatic carbocycles. The van der Waals surface area contributed by atoms with Gasteiger partial charge in [-0.1, -0.05) is 0 Å². The van der Waals surface area contributed by atoms with Crippen molar-refractivity contribution in [1.82, 2.24) is 4.90 Å². The van der Waals surface area contributed by atoms with Gasteiger partial charge in [-0.05, 0) is 32.7 Å². The molecule has 12 heavy (non-hydrogen) atoms. The summed E-state index contributed by atoms with van der Waals surface area (Å²) in [6, 6.07) is 0. The Balaban J connectivity index is 2.14. The van der Waals surface area contributed by atoms with Crippen LogP contribution in [-0.4, -0.2) is 47.0 Å². The highest BCUT2D eigenvalue weighted by atomic mass is 16.3. The van der Waals surface area contributed by atoms with E-state index in [-0.39, 0.29) is 12.2 Å². The minimum atomic E-state index is -0.218. The maximum absolute atomic E-state index is 9.34. The molecule has 0 bridgehead atoms. The highest BCUT2D eigenvalue weighted by Gasteiger charge is 2.17. The Morgan fingerprint density at radius 3 is 2.92 bits per heavy atom. The van der Waals surface area contributed by atoms with E-state index in [2.05, 4.69) is 4.90 Å². The van der Waals surface area contributed by atoms with Crippen LogP contribution in [0.2, 0.25) is 0 Å². The number of piperidine rings is 1. The van der Waals surface area contributed by atoms with Crippen molar-refractivity contribution in [2.45, 2.75) is 38.4 Å². The number of aliphatic hydroxyl groups excluding tert-OH is 2. The molecule has 2 N–H and O–H groups in total. The van der Waals surface area contributed by atoms with Gasteiger partial charge in [0.15, 0.2) is 0 Å². The van der Waals surface area contributed by atoms with E-state index in [1.165, 1.54) is 0 Å². The van der Waals surface area contributed by atoms with Crippen molar-refractivity contribution >= 4 is 0 Å². The number of β-amino-alcohol motifs (C(OH)–C–C–N with tert-alkyl or cyclic N) is 1. The average molecular weight is 173 g/mol. The number of hydrogen-bond donors (Lipinski definition) is 2. The van der Waals surface area contributed by atoms with Crippen LogP contribution in [0.1, 0.15) is 26.2 Å². The van der Waals surface area contributed by atoms with Gasteiger partial charge in [-0.15, -0.1) is 0 Å². The molecule has 3 nitrogen and oxygen atoms in total. The highest BCUT2D eigenvalue weighted by molar-refractivity contribution is 4.71. The van der Waals surface area contributed by atoms with Crippen LogP contribution < -0.4 is 0 Å². The minimum absolute atomic E-state index is 0.146. The first kappa shape index (κ1) is 9.96. The molecule has 0 spiro atoms. The Morgan fingerprint density at radius 2 is 2.33 bits per heavy atom. The third-order valence-electron chi connectivity index (χ3n) is 2.34. The summed E-state index contributed by atoms with van der Waals surface area (Å²) in [5.41, 5.74) is 0. The Hall–Kier alpha value is -0.120. The lowest BCUT2D eigenvalue weighted by molar-refractivity contribution is 0.0611. The van der Waals surface area contributed by atoms with Crippen LogP contribution >= 0.6 is 0 Å². The van der Waals surface area contributed by atoms with Crippen molar-refractivity contribution in [2.24, 2.45) is 0 Å². The highest BCUT2D eigenvalue weighted by Crippen LogP contribution is 2.10. The van der Waals surface area contributed by atoms with Gasteiger partial charge >= 0.3 is 0 Å². The quantitative estimate of drug-likeness (QED) is 0.641. The van der Waals surface area contributed by atoms with Crippen LogP contribution in [0.15, 0.2) is 0 Å². The molecule has 72 valence electrons. The molecule has 1 unspecified atom stereocenters. The third-order valence-corrected chi connectivity index (χ3v) is 2.34. The number of hydrogen-bond acceptors (Lipinski definition) is 3. The van der Waals surface area contributed by atoms with Crippen LogP contribution in [0, 0.1) is 0 Å². The molecule has 3 heteroatoms. The number of aliphatic hydroxyl groups is 2. The second kappa shape index (κ2) is 4.80. The molecule has 1 fully saturated rings. The van der Waals surface area contributed by atoms with Gasteiger partial charge in [-0.3, -0.25) is 0 Å². The van der Waals surface area contributed by atoms with Crippen LogP contribution in [0.25, 0.3) is 0 Å². The number of likely N-dealkylation sites (tertiary alicyclic amines) is 1. The van der Waals surface area contributed by atoms with E-state index in [4.69, 9.17) is 5.11 Å². The molecule has 2 atom stereocenters. The smallest absolute Gasteiger partial charge is 0.0667 e. The van der Waals surface area contributed by atoms with Crippen LogP contribution in [0.3, 0.4) is 0 Å². The number of nitrogens with zero attached hydrogens (tertiary/aromatic N) is 1. The van der Waals surface area contributed by atoms with Gasteiger partial charge in [-0.25, -0.2) is 0 Å². The van der Waals surface area contributed by atoms with Gasteiger partial charge in [0.05, 0.1) is 12.2 Å². The summed E-state index contributed by atoms with van der Waals surface area (Å²) in [5.74, 6) is 0. The lowest BCUT2D eigenvalue weighted by Gasteiger charge is -2.30. The van der Waals surface area contributed by atoms with Crippen molar-refractivity contribution in [2.75, 3.05) is 19.6 Å². The van der Waals surface area contributed by atoms with Crippen LogP contribution in [0.4, 0.5) is 0 Å². The summed E-state index contributed by atoms with van der Waals surface area (Å²) in [6.45, 7) is 4.58. The molecule has 1 rings (SSSR count). The molecule has 0 aromatic heterocycles. The Morgan fingerprint density at radius 1 is 1.58 bits per heavy atom. The second-order valence-corrected chi connectivity index (χ2v) is 3.73. The van der Waals surface area contributed by atoms with E-state index >= 15 is 0 Å². The van der Waals surface area contributed by atoms with Gasteiger partial charge in [0, 0.05) is 13.1 Å². The normalized spacial score (nSPS) is 28.8. The molecule has 0 saturated carbocycles. The molecule has 1 heterocycles. The average Bonchev–Trinajstić information content (AvgIpc) is 2.01. The van der Waals surface area contributed by atoms with Crippen molar-refractivity contribution in [3.05, 3.63) is 0 Å². The molecule has 1 saturated heterocycles. The lowest BCUT2D eigenvalue weighted by atomic mass is 10.1. The third kappa shape index (κ3) is 3.52. The summed E-state index contributed by atoms with van der Waals surface area (Å²) in [6.07, 6.45) is 2.47. The van der Waals surface area contributed by atoms with Crippen molar-refractivity contribution in [1.29, 1.82) is 0 Å². The first-order valence-electron chi connectivity index (χ1n) is 4.77. The molecule has 1 aliphatic rings. The molecule has 0 aromatic rings. The van der Waals surface area contributed by atoms with Gasteiger partial charge in [0.2, 0.25) is 0 Å². The van der Waals surface area contributed by atoms with Crippen molar-refractivity contribution in [3.8, 4) is 0 Å². The second-order valence-electron chi connectivity index (χ2n) is 3.73. The largest absolute Gasteiger partial charge is 0.393 e. The summed E-state index contributed by atoms with van der Waals surface area (Å²) < 4.78 is 0. The van der Waals surface area contributed by atoms with Gasteiger partial charge in [0.1, 0.15) is 0 Å². The van der Waals surface area contributed by atoms with Crippen molar-refractivity contribution in [3.63, 3.8) is 0 Å². The Bertz CT molecular complexity index is 128. The molecule has 1 aliphatic heterocycles. The fourth-order valence-corrected chi connectivity index (χ4v) is 1.60.